The molecule has 6 nitrogen and oxygen atoms in total. The van der Waals surface area contributed by atoms with Crippen molar-refractivity contribution < 1.29 is 4.79 Å². The third-order valence-corrected chi connectivity index (χ3v) is 5.50. The standard InChI is InChI=1S/C20H21N5OS/c26-20(19-9-13-25(24-19)16-2-1-10-22-14-16)23-15-3-5-17(6-4-15)27-18-7-11-21-12-8-18/h3-9,11-13,16,22H,1-2,10,14H2,(H,23,26). The lowest BCUT2D eigenvalue weighted by molar-refractivity contribution is 0.102. The van der Waals surface area contributed by atoms with Gasteiger partial charge in [0.1, 0.15) is 0 Å². The highest BCUT2D eigenvalue weighted by Crippen LogP contribution is 2.28. The van der Waals surface area contributed by atoms with Gasteiger partial charge < -0.3 is 10.6 Å². The van der Waals surface area contributed by atoms with Crippen molar-refractivity contribution in [3.8, 4) is 0 Å². The molecule has 27 heavy (non-hydrogen) atoms. The first-order valence-electron chi connectivity index (χ1n) is 9.03. The first-order chi connectivity index (χ1) is 13.3. The van der Waals surface area contributed by atoms with Crippen molar-refractivity contribution in [1.82, 2.24) is 20.1 Å². The minimum absolute atomic E-state index is 0.188. The van der Waals surface area contributed by atoms with Gasteiger partial charge in [0.15, 0.2) is 5.69 Å². The van der Waals surface area contributed by atoms with E-state index in [1.54, 1.807) is 30.2 Å². The van der Waals surface area contributed by atoms with Gasteiger partial charge in [-0.2, -0.15) is 5.10 Å². The van der Waals surface area contributed by atoms with Crippen LogP contribution in [-0.2, 0) is 0 Å². The quantitative estimate of drug-likeness (QED) is 0.709. The molecule has 1 atom stereocenters. The average Bonchev–Trinajstić information content (AvgIpc) is 3.21. The minimum atomic E-state index is -0.188. The van der Waals surface area contributed by atoms with Crippen LogP contribution in [0.2, 0.25) is 0 Å². The number of aromatic nitrogens is 3. The third-order valence-electron chi connectivity index (χ3n) is 4.48. The molecular weight excluding hydrogens is 358 g/mol. The number of rotatable bonds is 5. The fourth-order valence-corrected chi connectivity index (χ4v) is 3.87. The molecule has 2 aromatic heterocycles. The van der Waals surface area contributed by atoms with Crippen LogP contribution in [0.25, 0.3) is 0 Å². The smallest absolute Gasteiger partial charge is 0.276 e. The Morgan fingerprint density at radius 2 is 1.89 bits per heavy atom. The molecule has 0 saturated carbocycles. The molecule has 1 aromatic carbocycles. The lowest BCUT2D eigenvalue weighted by Gasteiger charge is -2.22. The summed E-state index contributed by atoms with van der Waals surface area (Å²) >= 11 is 1.66. The number of carbonyl (C=O) groups is 1. The Balaban J connectivity index is 1.37. The summed E-state index contributed by atoms with van der Waals surface area (Å²) in [7, 11) is 0. The number of amides is 1. The topological polar surface area (TPSA) is 71.8 Å². The van der Waals surface area contributed by atoms with Crippen molar-refractivity contribution in [2.45, 2.75) is 28.7 Å². The molecule has 1 aliphatic rings. The van der Waals surface area contributed by atoms with Crippen molar-refractivity contribution in [3.05, 3.63) is 66.7 Å². The third kappa shape index (κ3) is 4.56. The van der Waals surface area contributed by atoms with Gasteiger partial charge in [-0.3, -0.25) is 14.5 Å². The molecule has 0 bridgehead atoms. The van der Waals surface area contributed by atoms with Crippen molar-refractivity contribution in [1.29, 1.82) is 0 Å². The molecule has 7 heteroatoms. The summed E-state index contributed by atoms with van der Waals surface area (Å²) < 4.78 is 1.90. The van der Waals surface area contributed by atoms with Crippen LogP contribution >= 0.6 is 11.8 Å². The molecule has 0 radical (unpaired) electrons. The fraction of sp³-hybridized carbons (Fsp3) is 0.250. The summed E-state index contributed by atoms with van der Waals surface area (Å²) in [5.41, 5.74) is 1.20. The number of benzene rings is 1. The lowest BCUT2D eigenvalue weighted by atomic mass is 10.1. The normalized spacial score (nSPS) is 16.8. The molecule has 1 unspecified atom stereocenters. The second kappa shape index (κ2) is 8.37. The molecule has 1 fully saturated rings. The molecule has 1 aliphatic heterocycles. The largest absolute Gasteiger partial charge is 0.321 e. The molecular formula is C20H21N5OS. The summed E-state index contributed by atoms with van der Waals surface area (Å²) in [6, 6.07) is 13.8. The highest BCUT2D eigenvalue weighted by atomic mass is 32.2. The van der Waals surface area contributed by atoms with Crippen LogP contribution in [0.3, 0.4) is 0 Å². The van der Waals surface area contributed by atoms with E-state index >= 15 is 0 Å². The second-order valence-electron chi connectivity index (χ2n) is 6.44. The number of pyridine rings is 1. The monoisotopic (exact) mass is 379 g/mol. The highest BCUT2D eigenvalue weighted by Gasteiger charge is 2.17. The van der Waals surface area contributed by atoms with E-state index < -0.39 is 0 Å². The molecule has 4 rings (SSSR count). The zero-order valence-corrected chi connectivity index (χ0v) is 15.7. The van der Waals surface area contributed by atoms with Crippen LogP contribution < -0.4 is 10.6 Å². The Bertz CT molecular complexity index is 888. The molecule has 138 valence electrons. The second-order valence-corrected chi connectivity index (χ2v) is 7.59. The number of piperidine rings is 1. The van der Waals surface area contributed by atoms with E-state index in [0.29, 0.717) is 11.7 Å². The van der Waals surface area contributed by atoms with Crippen LogP contribution in [0.5, 0.6) is 0 Å². The van der Waals surface area contributed by atoms with Gasteiger partial charge in [-0.25, -0.2) is 0 Å². The lowest BCUT2D eigenvalue weighted by Crippen LogP contribution is -2.32. The Morgan fingerprint density at radius 3 is 2.63 bits per heavy atom. The maximum atomic E-state index is 12.5. The first kappa shape index (κ1) is 17.8. The maximum absolute atomic E-state index is 12.5. The SMILES string of the molecule is O=C(Nc1ccc(Sc2ccncc2)cc1)c1ccn(C2CCCNC2)n1. The van der Waals surface area contributed by atoms with Gasteiger partial charge in [-0.1, -0.05) is 11.8 Å². The summed E-state index contributed by atoms with van der Waals surface area (Å²) in [5, 5.41) is 10.7. The van der Waals surface area contributed by atoms with Gasteiger partial charge in [0.05, 0.1) is 6.04 Å². The number of carbonyl (C=O) groups excluding carboxylic acids is 1. The van der Waals surface area contributed by atoms with E-state index in [0.717, 1.165) is 41.4 Å². The summed E-state index contributed by atoms with van der Waals surface area (Å²) in [5.74, 6) is -0.188. The Hall–Kier alpha value is -2.64. The molecule has 1 saturated heterocycles. The molecule has 1 amide bonds. The summed E-state index contributed by atoms with van der Waals surface area (Å²) in [4.78, 5) is 18.7. The van der Waals surface area contributed by atoms with Crippen LogP contribution in [-0.4, -0.2) is 33.8 Å². The zero-order chi connectivity index (χ0) is 18.5. The van der Waals surface area contributed by atoms with E-state index in [4.69, 9.17) is 0 Å². The molecule has 3 aromatic rings. The van der Waals surface area contributed by atoms with Crippen molar-refractivity contribution in [2.24, 2.45) is 0 Å². The fourth-order valence-electron chi connectivity index (χ4n) is 3.07. The number of nitrogens with zero attached hydrogens (tertiary/aromatic N) is 3. The predicted octanol–water partition coefficient (Wildman–Crippen LogP) is 3.61. The van der Waals surface area contributed by atoms with Crippen molar-refractivity contribution >= 4 is 23.4 Å². The molecule has 0 aliphatic carbocycles. The van der Waals surface area contributed by atoms with Crippen molar-refractivity contribution in [2.75, 3.05) is 18.4 Å². The average molecular weight is 379 g/mol. The van der Waals surface area contributed by atoms with Crippen LogP contribution in [0.1, 0.15) is 29.4 Å². The van der Waals surface area contributed by atoms with Crippen LogP contribution in [0.15, 0.2) is 70.8 Å². The predicted molar refractivity (Wildman–Crippen MR) is 106 cm³/mol. The van der Waals surface area contributed by atoms with Gasteiger partial charge in [-0.15, -0.1) is 0 Å². The van der Waals surface area contributed by atoms with Gasteiger partial charge in [0.25, 0.3) is 5.91 Å². The highest BCUT2D eigenvalue weighted by molar-refractivity contribution is 7.99. The number of nitrogens with one attached hydrogen (secondary N) is 2. The van der Waals surface area contributed by atoms with E-state index in [9.17, 15) is 4.79 Å². The maximum Gasteiger partial charge on any atom is 0.276 e. The van der Waals surface area contributed by atoms with E-state index in [2.05, 4.69) is 20.7 Å². The number of hydrogen-bond acceptors (Lipinski definition) is 5. The molecule has 0 spiro atoms. The van der Waals surface area contributed by atoms with Gasteiger partial charge in [0, 0.05) is 40.6 Å². The number of hydrogen-bond donors (Lipinski definition) is 2. The summed E-state index contributed by atoms with van der Waals surface area (Å²) in [6.45, 7) is 1.96. The first-order valence-corrected chi connectivity index (χ1v) is 9.85. The summed E-state index contributed by atoms with van der Waals surface area (Å²) in [6.07, 6.45) is 7.67. The molecule has 2 N–H and O–H groups in total. The van der Waals surface area contributed by atoms with Crippen LogP contribution in [0.4, 0.5) is 5.69 Å². The van der Waals surface area contributed by atoms with Gasteiger partial charge in [0.2, 0.25) is 0 Å². The Kier molecular flexibility index (Phi) is 5.50. The number of anilines is 1. The minimum Gasteiger partial charge on any atom is -0.321 e. The Labute approximate surface area is 162 Å². The van der Waals surface area contributed by atoms with E-state index in [1.165, 1.54) is 0 Å². The van der Waals surface area contributed by atoms with Crippen LogP contribution in [0, 0.1) is 0 Å². The van der Waals surface area contributed by atoms with Crippen molar-refractivity contribution in [3.63, 3.8) is 0 Å². The van der Waals surface area contributed by atoms with E-state index in [-0.39, 0.29) is 5.91 Å². The van der Waals surface area contributed by atoms with E-state index in [1.807, 2.05) is 47.3 Å². The van der Waals surface area contributed by atoms with Gasteiger partial charge >= 0.3 is 0 Å². The molecule has 3 heterocycles. The van der Waals surface area contributed by atoms with Gasteiger partial charge in [-0.05, 0) is 61.9 Å². The zero-order valence-electron chi connectivity index (χ0n) is 14.8. The Morgan fingerprint density at radius 1 is 1.11 bits per heavy atom.